The molecule has 0 atom stereocenters. The van der Waals surface area contributed by atoms with Crippen molar-refractivity contribution in [3.05, 3.63) is 59.2 Å². The van der Waals surface area contributed by atoms with Gasteiger partial charge in [-0.1, -0.05) is 29.8 Å². The topological polar surface area (TPSA) is 61.4 Å². The van der Waals surface area contributed by atoms with Gasteiger partial charge in [-0.05, 0) is 57.1 Å². The molecule has 2 aromatic rings. The second kappa shape index (κ2) is 8.44. The van der Waals surface area contributed by atoms with E-state index in [-0.39, 0.29) is 24.9 Å². The zero-order valence-electron chi connectivity index (χ0n) is 15.2. The molecule has 5 nitrogen and oxygen atoms in total. The van der Waals surface area contributed by atoms with Crippen molar-refractivity contribution in [2.24, 2.45) is 0 Å². The number of nitrogens with zero attached hydrogens (tertiary/aromatic N) is 1. The molecule has 2 N–H and O–H groups in total. The standard InChI is InChI=1S/C20H25N3O2/c1-14-6-9-17(10-7-14)21-19(24)12-23(4)13-20(25)22-18-11-15(2)5-8-16(18)3/h5-11H,12-13H2,1-4H3,(H,21,24)(H,22,25). The summed E-state index contributed by atoms with van der Waals surface area (Å²) < 4.78 is 0. The molecule has 5 heteroatoms. The third-order valence-electron chi connectivity index (χ3n) is 3.83. The average Bonchev–Trinajstić information content (AvgIpc) is 2.52. The summed E-state index contributed by atoms with van der Waals surface area (Å²) in [7, 11) is 1.75. The Balaban J connectivity index is 1.83. The number of amides is 2. The Morgan fingerprint density at radius 2 is 1.40 bits per heavy atom. The molecule has 0 bridgehead atoms. The Labute approximate surface area is 149 Å². The molecular formula is C20H25N3O2. The van der Waals surface area contributed by atoms with Gasteiger partial charge in [-0.25, -0.2) is 0 Å². The van der Waals surface area contributed by atoms with Crippen molar-refractivity contribution in [1.29, 1.82) is 0 Å². The van der Waals surface area contributed by atoms with Crippen LogP contribution in [-0.2, 0) is 9.59 Å². The fourth-order valence-electron chi connectivity index (χ4n) is 2.44. The SMILES string of the molecule is Cc1ccc(NC(=O)CN(C)CC(=O)Nc2cc(C)ccc2C)cc1. The first kappa shape index (κ1) is 18.7. The normalized spacial score (nSPS) is 10.6. The van der Waals surface area contributed by atoms with E-state index >= 15 is 0 Å². The van der Waals surface area contributed by atoms with Crippen molar-refractivity contribution in [3.63, 3.8) is 0 Å². The summed E-state index contributed by atoms with van der Waals surface area (Å²) in [5, 5.41) is 5.73. The molecule has 132 valence electrons. The quantitative estimate of drug-likeness (QED) is 0.850. The van der Waals surface area contributed by atoms with Gasteiger partial charge in [0.2, 0.25) is 11.8 Å². The van der Waals surface area contributed by atoms with Crippen LogP contribution in [0.5, 0.6) is 0 Å². The lowest BCUT2D eigenvalue weighted by Crippen LogP contribution is -2.36. The van der Waals surface area contributed by atoms with Crippen LogP contribution in [0.3, 0.4) is 0 Å². The van der Waals surface area contributed by atoms with Crippen molar-refractivity contribution < 1.29 is 9.59 Å². The summed E-state index contributed by atoms with van der Waals surface area (Å²) in [4.78, 5) is 25.9. The number of aryl methyl sites for hydroxylation is 3. The van der Waals surface area contributed by atoms with Crippen molar-refractivity contribution in [1.82, 2.24) is 4.90 Å². The summed E-state index contributed by atoms with van der Waals surface area (Å²) in [6, 6.07) is 13.5. The Bertz CT molecular complexity index is 754. The minimum atomic E-state index is -0.147. The maximum atomic E-state index is 12.2. The number of hydrogen-bond acceptors (Lipinski definition) is 3. The van der Waals surface area contributed by atoms with E-state index in [0.717, 1.165) is 28.1 Å². The molecule has 0 aromatic heterocycles. The summed E-state index contributed by atoms with van der Waals surface area (Å²) in [6.45, 7) is 6.22. The van der Waals surface area contributed by atoms with Crippen molar-refractivity contribution in [3.8, 4) is 0 Å². The van der Waals surface area contributed by atoms with Gasteiger partial charge in [0.25, 0.3) is 0 Å². The van der Waals surface area contributed by atoms with Crippen molar-refractivity contribution >= 4 is 23.2 Å². The largest absolute Gasteiger partial charge is 0.325 e. The zero-order valence-corrected chi connectivity index (χ0v) is 15.2. The molecular weight excluding hydrogens is 314 g/mol. The molecule has 0 aliphatic carbocycles. The Kier molecular flexibility index (Phi) is 6.31. The van der Waals surface area contributed by atoms with E-state index in [9.17, 15) is 9.59 Å². The predicted octanol–water partition coefficient (Wildman–Crippen LogP) is 3.12. The summed E-state index contributed by atoms with van der Waals surface area (Å²) >= 11 is 0. The molecule has 0 aliphatic heterocycles. The predicted molar refractivity (Wildman–Crippen MR) is 102 cm³/mol. The monoisotopic (exact) mass is 339 g/mol. The first-order valence-corrected chi connectivity index (χ1v) is 8.25. The van der Waals surface area contributed by atoms with Gasteiger partial charge in [0.05, 0.1) is 13.1 Å². The molecule has 0 spiro atoms. The molecule has 2 aromatic carbocycles. The van der Waals surface area contributed by atoms with E-state index < -0.39 is 0 Å². The highest BCUT2D eigenvalue weighted by molar-refractivity contribution is 5.95. The Morgan fingerprint density at radius 3 is 2.04 bits per heavy atom. The number of benzene rings is 2. The zero-order chi connectivity index (χ0) is 18.4. The van der Waals surface area contributed by atoms with E-state index in [0.29, 0.717) is 0 Å². The van der Waals surface area contributed by atoms with Crippen LogP contribution < -0.4 is 10.6 Å². The van der Waals surface area contributed by atoms with Crippen LogP contribution >= 0.6 is 0 Å². The summed E-state index contributed by atoms with van der Waals surface area (Å²) in [5.41, 5.74) is 4.80. The van der Waals surface area contributed by atoms with Gasteiger partial charge >= 0.3 is 0 Å². The Hall–Kier alpha value is -2.66. The smallest absolute Gasteiger partial charge is 0.238 e. The molecule has 2 rings (SSSR count). The fourth-order valence-corrected chi connectivity index (χ4v) is 2.44. The highest BCUT2D eigenvalue weighted by Gasteiger charge is 2.12. The van der Waals surface area contributed by atoms with Crippen LogP contribution in [0.1, 0.15) is 16.7 Å². The molecule has 0 heterocycles. The third kappa shape index (κ3) is 6.04. The molecule has 25 heavy (non-hydrogen) atoms. The van der Waals surface area contributed by atoms with E-state index in [1.165, 1.54) is 0 Å². The summed E-state index contributed by atoms with van der Waals surface area (Å²) in [6.07, 6.45) is 0. The molecule has 0 aliphatic rings. The van der Waals surface area contributed by atoms with Crippen LogP contribution in [-0.4, -0.2) is 36.9 Å². The lowest BCUT2D eigenvalue weighted by Gasteiger charge is -2.17. The molecule has 2 amide bonds. The number of carbonyl (C=O) groups excluding carboxylic acids is 2. The molecule has 0 saturated heterocycles. The van der Waals surface area contributed by atoms with Crippen LogP contribution in [0.25, 0.3) is 0 Å². The average molecular weight is 339 g/mol. The second-order valence-corrected chi connectivity index (χ2v) is 6.45. The van der Waals surface area contributed by atoms with Gasteiger partial charge < -0.3 is 10.6 Å². The lowest BCUT2D eigenvalue weighted by molar-refractivity contribution is -0.119. The fraction of sp³-hybridized carbons (Fsp3) is 0.300. The van der Waals surface area contributed by atoms with Gasteiger partial charge in [0.15, 0.2) is 0 Å². The van der Waals surface area contributed by atoms with Crippen LogP contribution in [0.15, 0.2) is 42.5 Å². The minimum absolute atomic E-state index is 0.140. The van der Waals surface area contributed by atoms with Crippen LogP contribution in [0, 0.1) is 20.8 Å². The number of anilines is 2. The lowest BCUT2D eigenvalue weighted by atomic mass is 10.1. The van der Waals surface area contributed by atoms with Gasteiger partial charge in [-0.2, -0.15) is 0 Å². The molecule has 0 fully saturated rings. The number of likely N-dealkylation sites (N-methyl/N-ethyl adjacent to an activating group) is 1. The van der Waals surface area contributed by atoms with Crippen molar-refractivity contribution in [2.75, 3.05) is 30.8 Å². The minimum Gasteiger partial charge on any atom is -0.325 e. The highest BCUT2D eigenvalue weighted by atomic mass is 16.2. The van der Waals surface area contributed by atoms with Crippen molar-refractivity contribution in [2.45, 2.75) is 20.8 Å². The first-order chi connectivity index (χ1) is 11.8. The maximum absolute atomic E-state index is 12.2. The summed E-state index contributed by atoms with van der Waals surface area (Å²) in [5.74, 6) is -0.287. The number of rotatable bonds is 6. The molecule has 0 radical (unpaired) electrons. The van der Waals surface area contributed by atoms with Gasteiger partial charge in [0.1, 0.15) is 0 Å². The first-order valence-electron chi connectivity index (χ1n) is 8.25. The maximum Gasteiger partial charge on any atom is 0.238 e. The number of hydrogen-bond donors (Lipinski definition) is 2. The van der Waals surface area contributed by atoms with E-state index in [4.69, 9.17) is 0 Å². The number of nitrogens with one attached hydrogen (secondary N) is 2. The Morgan fingerprint density at radius 1 is 0.840 bits per heavy atom. The van der Waals surface area contributed by atoms with Gasteiger partial charge in [-0.15, -0.1) is 0 Å². The van der Waals surface area contributed by atoms with Gasteiger partial charge in [-0.3, -0.25) is 14.5 Å². The van der Waals surface area contributed by atoms with E-state index in [1.807, 2.05) is 63.2 Å². The van der Waals surface area contributed by atoms with Crippen LogP contribution in [0.4, 0.5) is 11.4 Å². The second-order valence-electron chi connectivity index (χ2n) is 6.45. The third-order valence-corrected chi connectivity index (χ3v) is 3.83. The molecule has 0 unspecified atom stereocenters. The van der Waals surface area contributed by atoms with E-state index in [2.05, 4.69) is 10.6 Å². The van der Waals surface area contributed by atoms with E-state index in [1.54, 1.807) is 11.9 Å². The number of carbonyl (C=O) groups is 2. The molecule has 0 saturated carbocycles. The van der Waals surface area contributed by atoms with Crippen LogP contribution in [0.2, 0.25) is 0 Å². The highest BCUT2D eigenvalue weighted by Crippen LogP contribution is 2.16. The van der Waals surface area contributed by atoms with Gasteiger partial charge in [0, 0.05) is 11.4 Å².